The van der Waals surface area contributed by atoms with Crippen LogP contribution < -0.4 is 0 Å². The minimum Gasteiger partial charge on any atom is -0.208 e. The Kier molecular flexibility index (Phi) is 8.83. The second-order valence-electron chi connectivity index (χ2n) is 15.2. The molecule has 60 heavy (non-hydrogen) atoms. The Morgan fingerprint density at radius 3 is 1.27 bits per heavy atom. The predicted molar refractivity (Wildman–Crippen MR) is 250 cm³/mol. The van der Waals surface area contributed by atoms with E-state index in [4.69, 9.17) is 15.0 Å². The van der Waals surface area contributed by atoms with Crippen molar-refractivity contribution in [2.45, 2.75) is 0 Å². The van der Waals surface area contributed by atoms with Crippen molar-refractivity contribution in [1.29, 1.82) is 0 Å². The lowest BCUT2D eigenvalue weighted by Crippen LogP contribution is -2.01. The number of hydrogen-bond donors (Lipinski definition) is 0. The summed E-state index contributed by atoms with van der Waals surface area (Å²) in [5.74, 6) is 1.92. The molecule has 0 aliphatic rings. The van der Waals surface area contributed by atoms with E-state index in [1.54, 1.807) is 0 Å². The lowest BCUT2D eigenvalue weighted by molar-refractivity contribution is 1.07. The van der Waals surface area contributed by atoms with E-state index in [9.17, 15) is 0 Å². The van der Waals surface area contributed by atoms with Gasteiger partial charge in [-0.05, 0) is 82.9 Å². The maximum Gasteiger partial charge on any atom is 0.164 e. The van der Waals surface area contributed by atoms with Crippen molar-refractivity contribution >= 4 is 32.3 Å². The molecule has 1 heterocycles. The van der Waals surface area contributed by atoms with Crippen LogP contribution in [0.3, 0.4) is 0 Å². The van der Waals surface area contributed by atoms with E-state index in [1.807, 2.05) is 42.5 Å². The first-order chi connectivity index (χ1) is 29.7. The van der Waals surface area contributed by atoms with Gasteiger partial charge in [0.1, 0.15) is 0 Å². The fourth-order valence-corrected chi connectivity index (χ4v) is 8.52. The van der Waals surface area contributed by atoms with Crippen molar-refractivity contribution in [2.24, 2.45) is 0 Å². The number of benzene rings is 10. The number of hydrogen-bond acceptors (Lipinski definition) is 3. The molecule has 0 saturated carbocycles. The highest BCUT2D eigenvalue weighted by Crippen LogP contribution is 2.40. The minimum atomic E-state index is 0.636. The molecular weight excluding hydrogens is 727 g/mol. The van der Waals surface area contributed by atoms with Crippen LogP contribution in [0.15, 0.2) is 224 Å². The molecule has 0 amide bonds. The SMILES string of the molecule is c1ccc(-c2nc(-c3ccc(-c4ccc(-c5ccc(-c6c7ccccc7cc7c6ccc6ccccc67)cc5)cc4)cc3)nc(-c3ccccc3-c3ccccc3)n2)cc1. The van der Waals surface area contributed by atoms with Gasteiger partial charge in [-0.25, -0.2) is 15.0 Å². The van der Waals surface area contributed by atoms with Crippen LogP contribution in [0.5, 0.6) is 0 Å². The molecule has 0 aliphatic carbocycles. The molecule has 0 radical (unpaired) electrons. The first kappa shape index (κ1) is 35.2. The summed E-state index contributed by atoms with van der Waals surface area (Å²) in [6.07, 6.45) is 0. The van der Waals surface area contributed by atoms with E-state index in [0.29, 0.717) is 17.5 Å². The highest BCUT2D eigenvalue weighted by molar-refractivity contribution is 6.20. The van der Waals surface area contributed by atoms with Crippen LogP contribution in [0.4, 0.5) is 0 Å². The van der Waals surface area contributed by atoms with E-state index in [1.165, 1.54) is 54.6 Å². The molecule has 0 saturated heterocycles. The molecule has 11 rings (SSSR count). The predicted octanol–water partition coefficient (Wildman–Crippen LogP) is 15.0. The van der Waals surface area contributed by atoms with Crippen molar-refractivity contribution in [1.82, 2.24) is 15.0 Å². The summed E-state index contributed by atoms with van der Waals surface area (Å²) < 4.78 is 0. The van der Waals surface area contributed by atoms with Crippen molar-refractivity contribution in [3.63, 3.8) is 0 Å². The van der Waals surface area contributed by atoms with Crippen LogP contribution in [0.1, 0.15) is 0 Å². The molecule has 0 N–H and O–H groups in total. The summed E-state index contributed by atoms with van der Waals surface area (Å²) in [4.78, 5) is 15.1. The van der Waals surface area contributed by atoms with E-state index in [0.717, 1.165) is 38.9 Å². The molecule has 0 bridgehead atoms. The van der Waals surface area contributed by atoms with Gasteiger partial charge in [0.2, 0.25) is 0 Å². The van der Waals surface area contributed by atoms with Gasteiger partial charge in [0.05, 0.1) is 0 Å². The molecule has 0 atom stereocenters. The van der Waals surface area contributed by atoms with Gasteiger partial charge in [-0.1, -0.05) is 218 Å². The standard InChI is InChI=1S/C57H37N3/c1-3-13-42(14-4-1)48-19-11-12-22-52(48)57-59-55(45-16-5-2-6-17-45)58-56(60-57)46-33-29-41(30-34-46)39-25-23-38(24-26-39)40-27-31-44(32-28-40)54-50-21-10-8-18-47(50)37-53-49-20-9-7-15-43(49)35-36-51(53)54/h1-37H. The summed E-state index contributed by atoms with van der Waals surface area (Å²) in [6.45, 7) is 0. The molecule has 3 heteroatoms. The number of fused-ring (bicyclic) bond motifs is 4. The van der Waals surface area contributed by atoms with Crippen LogP contribution in [-0.2, 0) is 0 Å². The van der Waals surface area contributed by atoms with Crippen molar-refractivity contribution in [3.8, 4) is 78.7 Å². The highest BCUT2D eigenvalue weighted by Gasteiger charge is 2.16. The highest BCUT2D eigenvalue weighted by atomic mass is 15.0. The molecule has 1 aromatic heterocycles. The topological polar surface area (TPSA) is 38.7 Å². The van der Waals surface area contributed by atoms with Gasteiger partial charge in [-0.15, -0.1) is 0 Å². The van der Waals surface area contributed by atoms with Gasteiger partial charge in [0.25, 0.3) is 0 Å². The van der Waals surface area contributed by atoms with Gasteiger partial charge in [0, 0.05) is 16.7 Å². The van der Waals surface area contributed by atoms with Crippen LogP contribution in [-0.4, -0.2) is 15.0 Å². The van der Waals surface area contributed by atoms with Crippen LogP contribution in [0.2, 0.25) is 0 Å². The Labute approximate surface area is 349 Å². The molecule has 0 spiro atoms. The molecule has 10 aromatic carbocycles. The zero-order valence-corrected chi connectivity index (χ0v) is 32.7. The molecule has 11 aromatic rings. The Balaban J connectivity index is 0.898. The lowest BCUT2D eigenvalue weighted by Gasteiger charge is -2.14. The number of aromatic nitrogens is 3. The van der Waals surface area contributed by atoms with Crippen LogP contribution >= 0.6 is 0 Å². The molecule has 0 fully saturated rings. The third-order valence-electron chi connectivity index (χ3n) is 11.6. The molecule has 0 aliphatic heterocycles. The number of rotatable bonds is 7. The van der Waals surface area contributed by atoms with Gasteiger partial charge < -0.3 is 0 Å². The van der Waals surface area contributed by atoms with Gasteiger partial charge in [-0.2, -0.15) is 0 Å². The zero-order chi connectivity index (χ0) is 39.8. The average molecular weight is 764 g/mol. The fourth-order valence-electron chi connectivity index (χ4n) is 8.52. The third kappa shape index (κ3) is 6.49. The summed E-state index contributed by atoms with van der Waals surface area (Å²) >= 11 is 0. The second kappa shape index (κ2) is 15.1. The van der Waals surface area contributed by atoms with Gasteiger partial charge >= 0.3 is 0 Å². The second-order valence-corrected chi connectivity index (χ2v) is 15.2. The fraction of sp³-hybridized carbons (Fsp3) is 0. The van der Waals surface area contributed by atoms with E-state index >= 15 is 0 Å². The maximum atomic E-state index is 5.08. The Morgan fingerprint density at radius 2 is 0.650 bits per heavy atom. The monoisotopic (exact) mass is 763 g/mol. The third-order valence-corrected chi connectivity index (χ3v) is 11.6. The zero-order valence-electron chi connectivity index (χ0n) is 32.7. The minimum absolute atomic E-state index is 0.636. The van der Waals surface area contributed by atoms with Gasteiger partial charge in [-0.3, -0.25) is 0 Å². The molecular formula is C57H37N3. The summed E-state index contributed by atoms with van der Waals surface area (Å²) in [6, 6.07) is 79.5. The van der Waals surface area contributed by atoms with Gasteiger partial charge in [0.15, 0.2) is 17.5 Å². The Bertz CT molecular complexity index is 3320. The summed E-state index contributed by atoms with van der Waals surface area (Å²) in [5, 5.41) is 7.63. The van der Waals surface area contributed by atoms with Crippen LogP contribution in [0, 0.1) is 0 Å². The van der Waals surface area contributed by atoms with Crippen molar-refractivity contribution in [2.75, 3.05) is 0 Å². The Morgan fingerprint density at radius 1 is 0.217 bits per heavy atom. The van der Waals surface area contributed by atoms with E-state index < -0.39 is 0 Å². The smallest absolute Gasteiger partial charge is 0.164 e. The first-order valence-corrected chi connectivity index (χ1v) is 20.3. The normalized spacial score (nSPS) is 11.3. The lowest BCUT2D eigenvalue weighted by atomic mass is 9.89. The molecule has 3 nitrogen and oxygen atoms in total. The van der Waals surface area contributed by atoms with Crippen LogP contribution in [0.25, 0.3) is 111 Å². The van der Waals surface area contributed by atoms with E-state index in [-0.39, 0.29) is 0 Å². The van der Waals surface area contributed by atoms with Crippen molar-refractivity contribution in [3.05, 3.63) is 224 Å². The molecule has 280 valence electrons. The van der Waals surface area contributed by atoms with E-state index in [2.05, 4.69) is 182 Å². The largest absolute Gasteiger partial charge is 0.208 e. The van der Waals surface area contributed by atoms with Crippen molar-refractivity contribution < 1.29 is 0 Å². The average Bonchev–Trinajstić information content (AvgIpc) is 3.34. The number of nitrogens with zero attached hydrogens (tertiary/aromatic N) is 3. The quantitative estimate of drug-likeness (QED) is 0.120. The first-order valence-electron chi connectivity index (χ1n) is 20.3. The maximum absolute atomic E-state index is 5.08. The summed E-state index contributed by atoms with van der Waals surface area (Å²) in [7, 11) is 0. The molecule has 0 unspecified atom stereocenters. The summed E-state index contributed by atoms with van der Waals surface area (Å²) in [5.41, 5.74) is 12.2. The Hall–Kier alpha value is -8.01.